The molecule has 3 heteroatoms. The quantitative estimate of drug-likeness (QED) is 0.414. The van der Waals surface area contributed by atoms with Gasteiger partial charge in [-0.2, -0.15) is 0 Å². The summed E-state index contributed by atoms with van der Waals surface area (Å²) >= 11 is 0. The van der Waals surface area contributed by atoms with Gasteiger partial charge in [0.2, 0.25) is 0 Å². The zero-order valence-corrected chi connectivity index (χ0v) is 17.9. The fraction of sp³-hybridized carbons (Fsp3) is 0.840. The van der Waals surface area contributed by atoms with Crippen molar-refractivity contribution in [3.63, 3.8) is 0 Å². The molecule has 4 aliphatic rings. The number of rotatable bonds is 5. The average molecular weight is 386 g/mol. The molecule has 0 radical (unpaired) electrons. The summed E-state index contributed by atoms with van der Waals surface area (Å²) < 4.78 is 0. The maximum Gasteiger partial charge on any atom is 0.139 e. The van der Waals surface area contributed by atoms with Gasteiger partial charge in [0.25, 0.3) is 0 Å². The Hall–Kier alpha value is -0.960. The Morgan fingerprint density at radius 1 is 1.11 bits per heavy atom. The molecule has 28 heavy (non-hydrogen) atoms. The smallest absolute Gasteiger partial charge is 0.139 e. The molecule has 0 amide bonds. The Bertz CT molecular complexity index is 642. The number of nitrogens with two attached hydrogens (primary N) is 1. The lowest BCUT2D eigenvalue weighted by Crippen LogP contribution is -2.56. The maximum atomic E-state index is 12.6. The topological polar surface area (TPSA) is 60.2 Å². The second kappa shape index (κ2) is 7.70. The molecule has 4 saturated carbocycles. The molecule has 0 aromatic heterocycles. The molecule has 156 valence electrons. The number of unbranched alkanes of at least 4 members (excludes halogenated alkanes) is 1. The number of allylic oxidation sites excluding steroid dienone is 2. The van der Waals surface area contributed by atoms with Crippen molar-refractivity contribution in [2.45, 2.75) is 78.1 Å². The number of aldehydes is 1. The van der Waals surface area contributed by atoms with Gasteiger partial charge in [0.05, 0.1) is 0 Å². The predicted octanol–water partition coefficient (Wildman–Crippen LogP) is 4.93. The van der Waals surface area contributed by atoms with Gasteiger partial charge in [0, 0.05) is 17.8 Å². The number of hydrogen-bond acceptors (Lipinski definition) is 3. The van der Waals surface area contributed by atoms with Crippen molar-refractivity contribution in [1.29, 1.82) is 0 Å². The molecule has 4 rings (SSSR count). The molecule has 0 heterocycles. The molecule has 2 N–H and O–H groups in total. The highest BCUT2D eigenvalue weighted by Crippen LogP contribution is 2.67. The van der Waals surface area contributed by atoms with Crippen molar-refractivity contribution < 1.29 is 9.59 Å². The van der Waals surface area contributed by atoms with Crippen molar-refractivity contribution in [3.05, 3.63) is 12.2 Å². The number of fused-ring (bicyclic) bond motifs is 5. The summed E-state index contributed by atoms with van der Waals surface area (Å²) in [6, 6.07) is 0. The van der Waals surface area contributed by atoms with Crippen LogP contribution in [0.3, 0.4) is 0 Å². The van der Waals surface area contributed by atoms with E-state index in [4.69, 9.17) is 5.73 Å². The first-order chi connectivity index (χ1) is 13.4. The molecule has 8 atom stereocenters. The largest absolute Gasteiger partial charge is 0.330 e. The molecular formula is C25H39NO2. The lowest BCUT2D eigenvalue weighted by molar-refractivity contribution is -0.154. The molecule has 3 nitrogen and oxygen atoms in total. The predicted molar refractivity (Wildman–Crippen MR) is 113 cm³/mol. The van der Waals surface area contributed by atoms with E-state index in [0.717, 1.165) is 51.5 Å². The molecule has 0 aromatic rings. The Morgan fingerprint density at radius 2 is 1.93 bits per heavy atom. The van der Waals surface area contributed by atoms with Crippen LogP contribution in [0.4, 0.5) is 0 Å². The van der Waals surface area contributed by atoms with E-state index in [1.54, 1.807) is 0 Å². The standard InChI is InChI=1S/C25H39NO2/c1-24-11-9-17(6-4-3-5-13-26)14-19(24)15-18(16-27)23-20-7-8-22(28)25(20,2)12-10-21(23)24/h4,6,16-21,23H,3,5,7-15,26H2,1-2H3/t17-,18?,19?,20+,21+,23+,24+,25+/m1/s1. The Labute approximate surface area is 170 Å². The van der Waals surface area contributed by atoms with E-state index in [9.17, 15) is 9.59 Å². The second-order valence-corrected chi connectivity index (χ2v) is 10.8. The van der Waals surface area contributed by atoms with E-state index in [1.807, 2.05) is 0 Å². The average Bonchev–Trinajstić information content (AvgIpc) is 2.99. The van der Waals surface area contributed by atoms with Gasteiger partial charge >= 0.3 is 0 Å². The summed E-state index contributed by atoms with van der Waals surface area (Å²) in [4.78, 5) is 24.8. The number of carbonyl (C=O) groups excluding carboxylic acids is 2. The lowest BCUT2D eigenvalue weighted by Gasteiger charge is -2.61. The van der Waals surface area contributed by atoms with Crippen LogP contribution in [0.2, 0.25) is 0 Å². The third kappa shape index (κ3) is 3.13. The minimum absolute atomic E-state index is 0.144. The molecular weight excluding hydrogens is 346 g/mol. The van der Waals surface area contributed by atoms with Crippen LogP contribution < -0.4 is 5.73 Å². The first-order valence-electron chi connectivity index (χ1n) is 11.8. The molecule has 0 spiro atoms. The van der Waals surface area contributed by atoms with Gasteiger partial charge in [0.15, 0.2) is 0 Å². The Balaban J connectivity index is 1.54. The summed E-state index contributed by atoms with van der Waals surface area (Å²) in [5.74, 6) is 3.48. The fourth-order valence-corrected chi connectivity index (χ4v) is 7.97. The summed E-state index contributed by atoms with van der Waals surface area (Å²) in [7, 11) is 0. The summed E-state index contributed by atoms with van der Waals surface area (Å²) in [5, 5.41) is 0. The van der Waals surface area contributed by atoms with Crippen molar-refractivity contribution in [3.8, 4) is 0 Å². The van der Waals surface area contributed by atoms with Gasteiger partial charge in [0.1, 0.15) is 12.1 Å². The van der Waals surface area contributed by atoms with E-state index in [0.29, 0.717) is 40.8 Å². The van der Waals surface area contributed by atoms with Crippen molar-refractivity contribution in [2.24, 2.45) is 52.1 Å². The fourth-order valence-electron chi connectivity index (χ4n) is 7.97. The third-order valence-electron chi connectivity index (χ3n) is 9.67. The first kappa shape index (κ1) is 20.3. The lowest BCUT2D eigenvalue weighted by atomic mass is 9.42. The SMILES string of the molecule is C[C@]12CC[C@@H](C=CCCCN)CC1CC(C=O)[C@@H]1[C@@H]2CC[C@]2(C)C(=O)CC[C@@H]12. The highest BCUT2D eigenvalue weighted by molar-refractivity contribution is 5.87. The van der Waals surface area contributed by atoms with Gasteiger partial charge in [-0.3, -0.25) is 4.79 Å². The van der Waals surface area contributed by atoms with E-state index < -0.39 is 0 Å². The Morgan fingerprint density at radius 3 is 2.68 bits per heavy atom. The minimum Gasteiger partial charge on any atom is -0.330 e. The van der Waals surface area contributed by atoms with Crippen molar-refractivity contribution in [2.75, 3.05) is 6.54 Å². The highest BCUT2D eigenvalue weighted by Gasteiger charge is 2.62. The van der Waals surface area contributed by atoms with Crippen LogP contribution in [0.1, 0.15) is 78.1 Å². The van der Waals surface area contributed by atoms with Gasteiger partial charge < -0.3 is 10.5 Å². The van der Waals surface area contributed by atoms with Gasteiger partial charge in [-0.05, 0) is 99.3 Å². The molecule has 4 aliphatic carbocycles. The maximum absolute atomic E-state index is 12.6. The van der Waals surface area contributed by atoms with E-state index in [-0.39, 0.29) is 11.3 Å². The van der Waals surface area contributed by atoms with Crippen LogP contribution in [0.5, 0.6) is 0 Å². The van der Waals surface area contributed by atoms with Crippen LogP contribution in [-0.4, -0.2) is 18.6 Å². The van der Waals surface area contributed by atoms with Crippen LogP contribution in [0, 0.1) is 46.3 Å². The highest BCUT2D eigenvalue weighted by atomic mass is 16.1. The number of carbonyl (C=O) groups is 2. The van der Waals surface area contributed by atoms with E-state index >= 15 is 0 Å². The van der Waals surface area contributed by atoms with Crippen molar-refractivity contribution in [1.82, 2.24) is 0 Å². The van der Waals surface area contributed by atoms with Gasteiger partial charge in [-0.25, -0.2) is 0 Å². The van der Waals surface area contributed by atoms with Crippen LogP contribution in [0.25, 0.3) is 0 Å². The molecule has 2 unspecified atom stereocenters. The number of hydrogen-bond donors (Lipinski definition) is 1. The molecule has 0 saturated heterocycles. The molecule has 4 fully saturated rings. The zero-order valence-electron chi connectivity index (χ0n) is 17.9. The van der Waals surface area contributed by atoms with Crippen LogP contribution >= 0.6 is 0 Å². The van der Waals surface area contributed by atoms with Gasteiger partial charge in [-0.15, -0.1) is 0 Å². The third-order valence-corrected chi connectivity index (χ3v) is 9.67. The number of ketones is 1. The Kier molecular flexibility index (Phi) is 5.59. The zero-order chi connectivity index (χ0) is 19.9. The van der Waals surface area contributed by atoms with Crippen LogP contribution in [0.15, 0.2) is 12.2 Å². The number of Topliss-reactive ketones (excluding diaryl/α,β-unsaturated/α-hetero) is 1. The molecule has 0 bridgehead atoms. The second-order valence-electron chi connectivity index (χ2n) is 10.8. The minimum atomic E-state index is -0.144. The summed E-state index contributed by atoms with van der Waals surface area (Å²) in [5.41, 5.74) is 5.83. The van der Waals surface area contributed by atoms with E-state index in [2.05, 4.69) is 26.0 Å². The normalized spacial score (nSPS) is 48.2. The van der Waals surface area contributed by atoms with Crippen LogP contribution in [-0.2, 0) is 9.59 Å². The first-order valence-corrected chi connectivity index (χ1v) is 11.8. The summed E-state index contributed by atoms with van der Waals surface area (Å²) in [6.07, 6.45) is 17.0. The van der Waals surface area contributed by atoms with Gasteiger partial charge in [-0.1, -0.05) is 26.0 Å². The molecule has 0 aliphatic heterocycles. The monoisotopic (exact) mass is 385 g/mol. The van der Waals surface area contributed by atoms with E-state index in [1.165, 1.54) is 25.5 Å². The molecule has 0 aromatic carbocycles. The summed E-state index contributed by atoms with van der Waals surface area (Å²) in [6.45, 7) is 5.51. The van der Waals surface area contributed by atoms with Crippen molar-refractivity contribution >= 4 is 12.1 Å².